The highest BCUT2D eigenvalue weighted by atomic mass is 16.3. The Hall–Kier alpha value is -1.43. The average molecular weight is 250 g/mol. The summed E-state index contributed by atoms with van der Waals surface area (Å²) in [4.78, 5) is 13.5. The highest BCUT2D eigenvalue weighted by Crippen LogP contribution is 2.33. The zero-order valence-electron chi connectivity index (χ0n) is 10.3. The van der Waals surface area contributed by atoms with E-state index in [9.17, 15) is 9.90 Å². The Labute approximate surface area is 106 Å². The number of aliphatic hydroxyl groups is 2. The normalized spacial score (nSPS) is 20.7. The van der Waals surface area contributed by atoms with E-state index in [0.717, 1.165) is 11.3 Å². The van der Waals surface area contributed by atoms with Gasteiger partial charge in [0.1, 0.15) is 0 Å². The molecule has 1 aliphatic rings. The van der Waals surface area contributed by atoms with Crippen molar-refractivity contribution in [3.05, 3.63) is 29.8 Å². The van der Waals surface area contributed by atoms with E-state index < -0.39 is 6.10 Å². The molecule has 3 N–H and O–H groups in total. The summed E-state index contributed by atoms with van der Waals surface area (Å²) in [6.45, 7) is -0.0122. The second-order valence-corrected chi connectivity index (χ2v) is 4.51. The highest BCUT2D eigenvalue weighted by molar-refractivity contribution is 5.96. The van der Waals surface area contributed by atoms with Crippen molar-refractivity contribution in [3.63, 3.8) is 0 Å². The minimum absolute atomic E-state index is 0.0460. The van der Waals surface area contributed by atoms with Gasteiger partial charge in [-0.3, -0.25) is 4.79 Å². The van der Waals surface area contributed by atoms with Gasteiger partial charge in [0.25, 0.3) is 0 Å². The molecule has 98 valence electrons. The number of amides is 1. The predicted molar refractivity (Wildman–Crippen MR) is 68.3 cm³/mol. The molecule has 2 unspecified atom stereocenters. The zero-order chi connectivity index (χ0) is 13.1. The molecule has 0 saturated heterocycles. The molecular weight excluding hydrogens is 232 g/mol. The number of nitrogens with one attached hydrogen (secondary N) is 1. The average Bonchev–Trinajstić information content (AvgIpc) is 2.41. The first kappa shape index (κ1) is 13.0. The lowest BCUT2D eigenvalue weighted by Crippen LogP contribution is -2.40. The molecule has 1 aromatic rings. The van der Waals surface area contributed by atoms with Crippen LogP contribution in [0.4, 0.5) is 5.69 Å². The second kappa shape index (κ2) is 5.48. The Bertz CT molecular complexity index is 436. The highest BCUT2D eigenvalue weighted by Gasteiger charge is 2.28. The van der Waals surface area contributed by atoms with Crippen LogP contribution in [0.25, 0.3) is 0 Å². The number of carbonyl (C=O) groups is 1. The van der Waals surface area contributed by atoms with Crippen LogP contribution in [0.3, 0.4) is 0 Å². The fraction of sp³-hybridized carbons (Fsp3) is 0.462. The van der Waals surface area contributed by atoms with E-state index in [4.69, 9.17) is 5.11 Å². The molecule has 5 nitrogen and oxygen atoms in total. The van der Waals surface area contributed by atoms with Crippen LogP contribution in [-0.2, 0) is 4.79 Å². The SMILES string of the molecule is CN1C(=O)CC(NCC(O)CO)c2ccccc21. The molecule has 0 aliphatic carbocycles. The summed E-state index contributed by atoms with van der Waals surface area (Å²) in [5.41, 5.74) is 1.94. The summed E-state index contributed by atoms with van der Waals surface area (Å²) in [7, 11) is 1.76. The number of aliphatic hydroxyl groups excluding tert-OH is 2. The number of anilines is 1. The minimum atomic E-state index is -0.799. The van der Waals surface area contributed by atoms with Crippen molar-refractivity contribution >= 4 is 11.6 Å². The van der Waals surface area contributed by atoms with Crippen molar-refractivity contribution < 1.29 is 15.0 Å². The molecule has 1 amide bonds. The minimum Gasteiger partial charge on any atom is -0.394 e. The van der Waals surface area contributed by atoms with Gasteiger partial charge in [-0.2, -0.15) is 0 Å². The number of fused-ring (bicyclic) bond motifs is 1. The van der Waals surface area contributed by atoms with Crippen LogP contribution < -0.4 is 10.2 Å². The standard InChI is InChI=1S/C13H18N2O3/c1-15-12-5-3-2-4-10(12)11(6-13(15)18)14-7-9(17)8-16/h2-5,9,11,14,16-17H,6-8H2,1H3. The molecule has 2 rings (SSSR count). The van der Waals surface area contributed by atoms with E-state index in [0.29, 0.717) is 6.42 Å². The van der Waals surface area contributed by atoms with Gasteiger partial charge < -0.3 is 20.4 Å². The van der Waals surface area contributed by atoms with E-state index >= 15 is 0 Å². The van der Waals surface area contributed by atoms with E-state index in [-0.39, 0.29) is 25.1 Å². The van der Waals surface area contributed by atoms with Crippen molar-refractivity contribution in [2.45, 2.75) is 18.6 Å². The summed E-state index contributed by atoms with van der Waals surface area (Å²) < 4.78 is 0. The first-order valence-corrected chi connectivity index (χ1v) is 6.01. The maximum absolute atomic E-state index is 11.9. The van der Waals surface area contributed by atoms with Crippen LogP contribution in [0.2, 0.25) is 0 Å². The van der Waals surface area contributed by atoms with Crippen LogP contribution in [0.5, 0.6) is 0 Å². The van der Waals surface area contributed by atoms with Gasteiger partial charge in [0, 0.05) is 31.7 Å². The number of carbonyl (C=O) groups excluding carboxylic acids is 1. The molecule has 2 atom stereocenters. The second-order valence-electron chi connectivity index (χ2n) is 4.51. The van der Waals surface area contributed by atoms with Crippen LogP contribution >= 0.6 is 0 Å². The van der Waals surface area contributed by atoms with Gasteiger partial charge in [-0.25, -0.2) is 0 Å². The summed E-state index contributed by atoms with van der Waals surface area (Å²) in [5.74, 6) is 0.0460. The van der Waals surface area contributed by atoms with Gasteiger partial charge in [0.05, 0.1) is 12.7 Å². The van der Waals surface area contributed by atoms with E-state index in [1.54, 1.807) is 11.9 Å². The molecule has 0 bridgehead atoms. The fourth-order valence-electron chi connectivity index (χ4n) is 2.17. The van der Waals surface area contributed by atoms with Crippen molar-refractivity contribution in [3.8, 4) is 0 Å². The quantitative estimate of drug-likeness (QED) is 0.705. The molecular formula is C13H18N2O3. The number of para-hydroxylation sites is 1. The van der Waals surface area contributed by atoms with Crippen molar-refractivity contribution in [1.82, 2.24) is 5.32 Å². The van der Waals surface area contributed by atoms with Crippen LogP contribution in [0, 0.1) is 0 Å². The lowest BCUT2D eigenvalue weighted by atomic mass is 9.96. The maximum atomic E-state index is 11.9. The molecule has 0 radical (unpaired) electrons. The first-order chi connectivity index (χ1) is 8.63. The van der Waals surface area contributed by atoms with Crippen molar-refractivity contribution in [2.24, 2.45) is 0 Å². The third-order valence-corrected chi connectivity index (χ3v) is 3.24. The number of nitrogens with zero attached hydrogens (tertiary/aromatic N) is 1. The lowest BCUT2D eigenvalue weighted by Gasteiger charge is -2.32. The van der Waals surface area contributed by atoms with Crippen LogP contribution in [0.15, 0.2) is 24.3 Å². The molecule has 0 aromatic heterocycles. The Morgan fingerprint density at radius 2 is 2.22 bits per heavy atom. The molecule has 1 aliphatic heterocycles. The van der Waals surface area contributed by atoms with Gasteiger partial charge in [-0.05, 0) is 11.6 Å². The summed E-state index contributed by atoms with van der Waals surface area (Å²) >= 11 is 0. The Kier molecular flexibility index (Phi) is 3.96. The van der Waals surface area contributed by atoms with Crippen molar-refractivity contribution in [2.75, 3.05) is 25.1 Å². The molecule has 18 heavy (non-hydrogen) atoms. The van der Waals surface area contributed by atoms with E-state index in [2.05, 4.69) is 5.32 Å². The monoisotopic (exact) mass is 250 g/mol. The molecule has 1 heterocycles. The maximum Gasteiger partial charge on any atom is 0.228 e. The molecule has 0 fully saturated rings. The molecule has 0 saturated carbocycles. The summed E-state index contributed by atoms with van der Waals surface area (Å²) in [6, 6.07) is 7.60. The van der Waals surface area contributed by atoms with Gasteiger partial charge in [0.2, 0.25) is 5.91 Å². The fourth-order valence-corrected chi connectivity index (χ4v) is 2.17. The smallest absolute Gasteiger partial charge is 0.228 e. The third kappa shape index (κ3) is 2.53. The van der Waals surface area contributed by atoms with Crippen LogP contribution in [0.1, 0.15) is 18.0 Å². The van der Waals surface area contributed by atoms with Gasteiger partial charge in [0.15, 0.2) is 0 Å². The third-order valence-electron chi connectivity index (χ3n) is 3.24. The van der Waals surface area contributed by atoms with E-state index in [1.807, 2.05) is 24.3 Å². The first-order valence-electron chi connectivity index (χ1n) is 6.01. The molecule has 5 heteroatoms. The number of hydrogen-bond acceptors (Lipinski definition) is 4. The molecule has 1 aromatic carbocycles. The largest absolute Gasteiger partial charge is 0.394 e. The zero-order valence-corrected chi connectivity index (χ0v) is 10.3. The number of benzene rings is 1. The summed E-state index contributed by atoms with van der Waals surface area (Å²) in [6.07, 6.45) is -0.432. The number of rotatable bonds is 4. The van der Waals surface area contributed by atoms with Crippen LogP contribution in [-0.4, -0.2) is 42.4 Å². The molecule has 0 spiro atoms. The van der Waals surface area contributed by atoms with Crippen molar-refractivity contribution in [1.29, 1.82) is 0 Å². The van der Waals surface area contributed by atoms with Gasteiger partial charge >= 0.3 is 0 Å². The summed E-state index contributed by atoms with van der Waals surface area (Å²) in [5, 5.41) is 21.3. The van der Waals surface area contributed by atoms with Gasteiger partial charge in [-0.15, -0.1) is 0 Å². The van der Waals surface area contributed by atoms with E-state index in [1.165, 1.54) is 0 Å². The lowest BCUT2D eigenvalue weighted by molar-refractivity contribution is -0.119. The Morgan fingerprint density at radius 1 is 1.50 bits per heavy atom. The van der Waals surface area contributed by atoms with Gasteiger partial charge in [-0.1, -0.05) is 18.2 Å². The topological polar surface area (TPSA) is 72.8 Å². The Balaban J connectivity index is 2.17. The Morgan fingerprint density at radius 3 is 2.94 bits per heavy atom. The predicted octanol–water partition coefficient (Wildman–Crippen LogP) is 0.0370. The number of hydrogen-bond donors (Lipinski definition) is 3.